The van der Waals surface area contributed by atoms with Gasteiger partial charge in [-0.1, -0.05) is 0 Å². The minimum Gasteiger partial charge on any atom is -0.493 e. The fourth-order valence-electron chi connectivity index (χ4n) is 3.66. The Kier molecular flexibility index (Phi) is 5.44. The molecule has 1 aromatic carbocycles. The van der Waals surface area contributed by atoms with Gasteiger partial charge in [0.05, 0.1) is 50.8 Å². The number of ether oxygens (including phenoxy) is 2. The Bertz CT molecular complexity index is 874. The van der Waals surface area contributed by atoms with Gasteiger partial charge < -0.3 is 19.4 Å². The lowest BCUT2D eigenvalue weighted by Crippen LogP contribution is -3.16. The minimum absolute atomic E-state index is 0.0798. The Morgan fingerprint density at radius 3 is 2.68 bits per heavy atom. The van der Waals surface area contributed by atoms with Gasteiger partial charge in [-0.25, -0.2) is 0 Å². The molecule has 1 saturated heterocycles. The molecule has 0 saturated carbocycles. The van der Waals surface area contributed by atoms with Gasteiger partial charge in [-0.2, -0.15) is 0 Å². The highest BCUT2D eigenvalue weighted by Gasteiger charge is 2.22. The summed E-state index contributed by atoms with van der Waals surface area (Å²) in [6.45, 7) is 5.00. The smallest absolute Gasteiger partial charge is 0.262 e. The van der Waals surface area contributed by atoms with Gasteiger partial charge in [-0.15, -0.1) is 0 Å². The number of methoxy groups -OCH3 is 2. The van der Waals surface area contributed by atoms with E-state index in [4.69, 9.17) is 21.7 Å². The van der Waals surface area contributed by atoms with E-state index < -0.39 is 0 Å². The highest BCUT2D eigenvalue weighted by Crippen LogP contribution is 2.29. The lowest BCUT2D eigenvalue weighted by Gasteiger charge is -2.30. The molecule has 0 amide bonds. The highest BCUT2D eigenvalue weighted by molar-refractivity contribution is 7.71. The summed E-state index contributed by atoms with van der Waals surface area (Å²) in [7, 11) is 3.14. The van der Waals surface area contributed by atoms with Crippen LogP contribution in [0, 0.1) is 4.77 Å². The van der Waals surface area contributed by atoms with E-state index in [1.165, 1.54) is 25.8 Å². The average Bonchev–Trinajstić information content (AvgIpc) is 2.62. The Labute approximate surface area is 152 Å². The molecule has 2 heterocycles. The average molecular weight is 364 g/mol. The predicted molar refractivity (Wildman–Crippen MR) is 101 cm³/mol. The first-order valence-corrected chi connectivity index (χ1v) is 9.19. The number of benzene rings is 1. The number of nitrogens with one attached hydrogen (secondary N) is 2. The third kappa shape index (κ3) is 3.57. The molecule has 0 spiro atoms. The molecular weight excluding hydrogens is 338 g/mol. The number of H-pyrrole nitrogens is 1. The molecule has 1 aromatic heterocycles. The van der Waals surface area contributed by atoms with E-state index in [0.717, 1.165) is 6.54 Å². The predicted octanol–water partition coefficient (Wildman–Crippen LogP) is 1.53. The maximum atomic E-state index is 12.9. The summed E-state index contributed by atoms with van der Waals surface area (Å²) in [5, 5.41) is 0.563. The number of fused-ring (bicyclic) bond motifs is 1. The number of hydrogen-bond acceptors (Lipinski definition) is 4. The molecule has 2 atom stereocenters. The van der Waals surface area contributed by atoms with Gasteiger partial charge in [0.15, 0.2) is 16.3 Å². The van der Waals surface area contributed by atoms with Gasteiger partial charge in [0.25, 0.3) is 5.56 Å². The molecule has 25 heavy (non-hydrogen) atoms. The third-order valence-corrected chi connectivity index (χ3v) is 5.55. The van der Waals surface area contributed by atoms with Crippen molar-refractivity contribution in [1.82, 2.24) is 9.55 Å². The van der Waals surface area contributed by atoms with E-state index in [2.05, 4.69) is 11.9 Å². The van der Waals surface area contributed by atoms with Crippen molar-refractivity contribution in [2.75, 3.05) is 27.3 Å². The van der Waals surface area contributed by atoms with Crippen molar-refractivity contribution in [3.63, 3.8) is 0 Å². The standard InChI is InChI=1S/C18H25N3O3S/c1-12-6-4-5-7-20(12)8-9-21-17(22)13-10-15(23-2)16(24-3)11-14(13)19-18(21)25/h10-12H,4-9H2,1-3H3,(H,19,25)/p+1. The van der Waals surface area contributed by atoms with Crippen molar-refractivity contribution in [2.45, 2.75) is 38.8 Å². The number of aromatic nitrogens is 2. The van der Waals surface area contributed by atoms with Crippen LogP contribution < -0.4 is 19.9 Å². The van der Waals surface area contributed by atoms with Crippen molar-refractivity contribution >= 4 is 23.1 Å². The fourth-order valence-corrected chi connectivity index (χ4v) is 3.95. The summed E-state index contributed by atoms with van der Waals surface area (Å²) in [6.07, 6.45) is 3.82. The molecule has 6 nitrogen and oxygen atoms in total. The zero-order valence-electron chi connectivity index (χ0n) is 15.1. The van der Waals surface area contributed by atoms with Crippen molar-refractivity contribution in [3.8, 4) is 11.5 Å². The van der Waals surface area contributed by atoms with Crippen LogP contribution in [0.4, 0.5) is 0 Å². The second-order valence-corrected chi connectivity index (χ2v) is 7.08. The zero-order valence-corrected chi connectivity index (χ0v) is 15.9. The summed E-state index contributed by atoms with van der Waals surface area (Å²) in [5.74, 6) is 1.11. The lowest BCUT2D eigenvalue weighted by molar-refractivity contribution is -0.929. The Hall–Kier alpha value is -1.86. The van der Waals surface area contributed by atoms with Crippen LogP contribution in [0.5, 0.6) is 11.5 Å². The number of aromatic amines is 1. The van der Waals surface area contributed by atoms with E-state index in [1.54, 1.807) is 35.8 Å². The Morgan fingerprint density at radius 1 is 1.28 bits per heavy atom. The normalized spacial score (nSPS) is 20.6. The molecule has 2 unspecified atom stereocenters. The largest absolute Gasteiger partial charge is 0.493 e. The van der Waals surface area contributed by atoms with Crippen molar-refractivity contribution in [2.24, 2.45) is 0 Å². The van der Waals surface area contributed by atoms with E-state index in [1.807, 2.05) is 0 Å². The summed E-state index contributed by atoms with van der Waals surface area (Å²) >= 11 is 5.43. The molecule has 1 fully saturated rings. The zero-order chi connectivity index (χ0) is 18.0. The van der Waals surface area contributed by atoms with Crippen LogP contribution in [-0.2, 0) is 6.54 Å². The van der Waals surface area contributed by atoms with Gasteiger partial charge in [-0.3, -0.25) is 9.36 Å². The maximum absolute atomic E-state index is 12.9. The van der Waals surface area contributed by atoms with Gasteiger partial charge in [0, 0.05) is 6.07 Å². The first-order valence-electron chi connectivity index (χ1n) is 8.78. The highest BCUT2D eigenvalue weighted by atomic mass is 32.1. The molecule has 0 radical (unpaired) electrons. The lowest BCUT2D eigenvalue weighted by atomic mass is 10.0. The molecule has 1 aliphatic rings. The number of piperidine rings is 1. The van der Waals surface area contributed by atoms with Crippen LogP contribution in [0.1, 0.15) is 26.2 Å². The second kappa shape index (κ2) is 7.58. The van der Waals surface area contributed by atoms with Crippen LogP contribution >= 0.6 is 12.2 Å². The van der Waals surface area contributed by atoms with Crippen LogP contribution in [0.15, 0.2) is 16.9 Å². The Balaban J connectivity index is 1.95. The quantitative estimate of drug-likeness (QED) is 0.790. The van der Waals surface area contributed by atoms with Gasteiger partial charge in [0.1, 0.15) is 0 Å². The summed E-state index contributed by atoms with van der Waals surface area (Å²) in [5.41, 5.74) is 0.589. The van der Waals surface area contributed by atoms with Gasteiger partial charge in [0.2, 0.25) is 0 Å². The first kappa shape index (κ1) is 17.9. The molecule has 2 N–H and O–H groups in total. The van der Waals surface area contributed by atoms with E-state index in [0.29, 0.717) is 39.8 Å². The summed E-state index contributed by atoms with van der Waals surface area (Å²) < 4.78 is 12.7. The van der Waals surface area contributed by atoms with Crippen molar-refractivity contribution in [1.29, 1.82) is 0 Å². The van der Waals surface area contributed by atoms with Crippen molar-refractivity contribution in [3.05, 3.63) is 27.3 Å². The second-order valence-electron chi connectivity index (χ2n) is 6.69. The van der Waals surface area contributed by atoms with Gasteiger partial charge >= 0.3 is 0 Å². The number of hydrogen-bond donors (Lipinski definition) is 2. The van der Waals surface area contributed by atoms with Crippen LogP contribution in [0.25, 0.3) is 10.9 Å². The van der Waals surface area contributed by atoms with Gasteiger partial charge in [-0.05, 0) is 44.5 Å². The first-order chi connectivity index (χ1) is 12.0. The summed E-state index contributed by atoms with van der Waals surface area (Å²) in [6, 6.07) is 4.12. The van der Waals surface area contributed by atoms with Crippen LogP contribution in [-0.4, -0.2) is 42.9 Å². The molecule has 136 valence electrons. The molecule has 1 aliphatic heterocycles. The molecule has 2 aromatic rings. The monoisotopic (exact) mass is 364 g/mol. The molecular formula is C18H26N3O3S+. The Morgan fingerprint density at radius 2 is 2.00 bits per heavy atom. The fraction of sp³-hybridized carbons (Fsp3) is 0.556. The van der Waals surface area contributed by atoms with E-state index in [9.17, 15) is 4.79 Å². The molecule has 3 rings (SSSR count). The number of quaternary nitrogens is 1. The van der Waals surface area contributed by atoms with Crippen LogP contribution in [0.3, 0.4) is 0 Å². The molecule has 0 aliphatic carbocycles. The van der Waals surface area contributed by atoms with Crippen molar-refractivity contribution < 1.29 is 14.4 Å². The number of likely N-dealkylation sites (tertiary alicyclic amines) is 1. The SMILES string of the molecule is COc1cc2[nH]c(=S)n(CC[NH+]3CCCCC3C)c(=O)c2cc1OC. The van der Waals surface area contributed by atoms with E-state index in [-0.39, 0.29) is 5.56 Å². The van der Waals surface area contributed by atoms with E-state index >= 15 is 0 Å². The number of rotatable bonds is 5. The summed E-state index contributed by atoms with van der Waals surface area (Å²) in [4.78, 5) is 17.7. The number of nitrogens with zero attached hydrogens (tertiary/aromatic N) is 1. The van der Waals surface area contributed by atoms with Crippen LogP contribution in [0.2, 0.25) is 0 Å². The maximum Gasteiger partial charge on any atom is 0.262 e. The molecule has 7 heteroatoms. The third-order valence-electron chi connectivity index (χ3n) is 5.22. The minimum atomic E-state index is -0.0798. The topological polar surface area (TPSA) is 60.7 Å². The molecule has 0 bridgehead atoms.